The highest BCUT2D eigenvalue weighted by Gasteiger charge is 2.38. The van der Waals surface area contributed by atoms with E-state index in [0.717, 1.165) is 78.0 Å². The maximum Gasteiger partial charge on any atom is 0.407 e. The molecule has 15 heteroatoms. The monoisotopic (exact) mass is 842 g/mol. The number of nitrogens with zero attached hydrogens (tertiary/aromatic N) is 4. The lowest BCUT2D eigenvalue weighted by Gasteiger charge is -2.30. The number of carbonyl (C=O) groups excluding carboxylic acids is 3. The first-order chi connectivity index (χ1) is 30.1. The molecule has 4 N–H and O–H groups in total. The van der Waals surface area contributed by atoms with Crippen molar-refractivity contribution in [3.05, 3.63) is 118 Å². The third-order valence-corrected chi connectivity index (χ3v) is 11.9. The number of amides is 3. The molecule has 4 heterocycles. The van der Waals surface area contributed by atoms with E-state index in [2.05, 4.69) is 37.4 Å². The molecule has 0 unspecified atom stereocenters. The maximum atomic E-state index is 15.6. The van der Waals surface area contributed by atoms with Gasteiger partial charge in [-0.05, 0) is 79.8 Å². The summed E-state index contributed by atoms with van der Waals surface area (Å²) in [6.45, 7) is 5.28. The van der Waals surface area contributed by atoms with Gasteiger partial charge in [-0.15, -0.1) is 0 Å². The lowest BCUT2D eigenvalue weighted by atomic mass is 9.91. The fourth-order valence-electron chi connectivity index (χ4n) is 8.58. The van der Waals surface area contributed by atoms with Gasteiger partial charge in [-0.3, -0.25) is 9.63 Å². The van der Waals surface area contributed by atoms with Crippen molar-refractivity contribution in [2.75, 3.05) is 33.9 Å². The van der Waals surface area contributed by atoms with Crippen molar-refractivity contribution in [2.24, 2.45) is 5.92 Å². The van der Waals surface area contributed by atoms with E-state index in [1.54, 1.807) is 12.3 Å². The highest BCUT2D eigenvalue weighted by atomic mass is 19.1. The van der Waals surface area contributed by atoms with E-state index >= 15 is 4.39 Å². The molecule has 2 saturated heterocycles. The van der Waals surface area contributed by atoms with Crippen LogP contribution in [0.25, 0.3) is 22.5 Å². The Kier molecular flexibility index (Phi) is 12.7. The van der Waals surface area contributed by atoms with Crippen LogP contribution in [0.15, 0.2) is 72.9 Å². The van der Waals surface area contributed by atoms with Crippen molar-refractivity contribution in [1.82, 2.24) is 40.5 Å². The molecule has 8 rings (SSSR count). The first kappa shape index (κ1) is 42.2. The predicted molar refractivity (Wildman–Crippen MR) is 229 cm³/mol. The summed E-state index contributed by atoms with van der Waals surface area (Å²) in [6.07, 6.45) is 5.40. The number of hydrogen-bond acceptors (Lipinski definition) is 9. The fraction of sp³-hybridized carbons (Fsp3) is 0.383. The van der Waals surface area contributed by atoms with Crippen molar-refractivity contribution in [1.29, 1.82) is 0 Å². The fourth-order valence-corrected chi connectivity index (χ4v) is 8.58. The van der Waals surface area contributed by atoms with Crippen molar-refractivity contribution < 1.29 is 33.1 Å². The molecule has 0 saturated carbocycles. The second kappa shape index (κ2) is 18.6. The SMILES string of the molecule is COC(=O)N[C@@H](CON1CCC[C@H]1c1ncc(-c2ccc(C#Cc3ccc4c(c3)CCc3[nH]c([C@@H]5CCCN5C(=O)[C@@H](NC(=O)OC)C(C)C)nc3-4)c(F)c2)[nH]1)c1ccccc1. The number of halogens is 1. The highest BCUT2D eigenvalue weighted by Crippen LogP contribution is 2.38. The molecule has 1 aliphatic carbocycles. The van der Waals surface area contributed by atoms with Gasteiger partial charge in [0.25, 0.3) is 0 Å². The highest BCUT2D eigenvalue weighted by molar-refractivity contribution is 5.86. The standard InChI is InChI=1S/C47H51FN8O6/c1-28(2)41(54-47(59)61-4)45(57)55-22-8-12-39(55)44-50-36-21-19-32-24-29(15-20-34(32)42(36)53-44)14-16-30-17-18-33(25-35(30)48)37-26-49-43(51-37)40-13-9-23-56(40)62-27-38(52-46(58)60-3)31-10-6-5-7-11-31/h5-7,10-11,15,17-18,20,24-26,28,38-41H,8-9,12-13,19,21-23,27H2,1-4H3,(H,49,51)(H,50,53)(H,52,58)(H,54,59)/t38-,39-,40-,41-/m0/s1. The Balaban J connectivity index is 0.922. The average molecular weight is 843 g/mol. The van der Waals surface area contributed by atoms with Gasteiger partial charge in [-0.2, -0.15) is 5.06 Å². The number of rotatable bonds is 11. The van der Waals surface area contributed by atoms with Crippen molar-refractivity contribution in [3.63, 3.8) is 0 Å². The minimum Gasteiger partial charge on any atom is -0.453 e. The van der Waals surface area contributed by atoms with E-state index in [1.165, 1.54) is 20.3 Å². The number of aryl methyl sites for hydroxylation is 2. The number of aromatic nitrogens is 4. The molecule has 322 valence electrons. The van der Waals surface area contributed by atoms with Crippen LogP contribution in [0.5, 0.6) is 0 Å². The zero-order valence-corrected chi connectivity index (χ0v) is 35.3. The lowest BCUT2D eigenvalue weighted by Crippen LogP contribution is -2.51. The van der Waals surface area contributed by atoms with Gasteiger partial charge in [-0.25, -0.2) is 23.9 Å². The molecule has 0 spiro atoms. The molecule has 3 amide bonds. The Morgan fingerprint density at radius 2 is 1.66 bits per heavy atom. The topological polar surface area (TPSA) is 167 Å². The second-order valence-electron chi connectivity index (χ2n) is 16.2. The average Bonchev–Trinajstić information content (AvgIpc) is 4.13. The Morgan fingerprint density at radius 1 is 0.887 bits per heavy atom. The third-order valence-electron chi connectivity index (χ3n) is 11.9. The van der Waals surface area contributed by atoms with Crippen LogP contribution in [0.3, 0.4) is 0 Å². The van der Waals surface area contributed by atoms with Crippen LogP contribution in [-0.4, -0.2) is 88.0 Å². The van der Waals surface area contributed by atoms with Crippen LogP contribution in [0.2, 0.25) is 0 Å². The normalized spacial score (nSPS) is 18.0. The van der Waals surface area contributed by atoms with E-state index in [1.807, 2.05) is 78.4 Å². The summed E-state index contributed by atoms with van der Waals surface area (Å²) in [4.78, 5) is 62.4. The Morgan fingerprint density at radius 3 is 2.44 bits per heavy atom. The molecule has 3 aromatic carbocycles. The van der Waals surface area contributed by atoms with Gasteiger partial charge < -0.3 is 35.0 Å². The van der Waals surface area contributed by atoms with E-state index in [0.29, 0.717) is 30.2 Å². The van der Waals surface area contributed by atoms with Crippen molar-refractivity contribution >= 4 is 18.1 Å². The summed E-state index contributed by atoms with van der Waals surface area (Å²) in [7, 11) is 2.62. The largest absolute Gasteiger partial charge is 0.453 e. The van der Waals surface area contributed by atoms with E-state index in [-0.39, 0.29) is 36.1 Å². The van der Waals surface area contributed by atoms with Gasteiger partial charge in [-0.1, -0.05) is 68.2 Å². The molecular formula is C47H51FN8O6. The van der Waals surface area contributed by atoms with Gasteiger partial charge >= 0.3 is 12.2 Å². The van der Waals surface area contributed by atoms with Gasteiger partial charge in [0.1, 0.15) is 23.5 Å². The molecule has 5 aromatic rings. The number of H-pyrrole nitrogens is 2. The van der Waals surface area contributed by atoms with Gasteiger partial charge in [0, 0.05) is 35.5 Å². The van der Waals surface area contributed by atoms with Crippen LogP contribution < -0.4 is 10.6 Å². The Bertz CT molecular complexity index is 2490. The zero-order valence-electron chi connectivity index (χ0n) is 35.3. The van der Waals surface area contributed by atoms with Gasteiger partial charge in [0.2, 0.25) is 5.91 Å². The first-order valence-corrected chi connectivity index (χ1v) is 21.1. The number of fused-ring (bicyclic) bond motifs is 3. The number of nitrogens with one attached hydrogen (secondary N) is 4. The van der Waals surface area contributed by atoms with Crippen molar-refractivity contribution in [2.45, 2.75) is 76.5 Å². The number of imidazole rings is 2. The van der Waals surface area contributed by atoms with Gasteiger partial charge in [0.15, 0.2) is 0 Å². The van der Waals surface area contributed by atoms with Crippen LogP contribution >= 0.6 is 0 Å². The molecule has 4 atom stereocenters. The minimum atomic E-state index is -0.704. The molecule has 14 nitrogen and oxygen atoms in total. The first-order valence-electron chi connectivity index (χ1n) is 21.1. The summed E-state index contributed by atoms with van der Waals surface area (Å²) in [5, 5.41) is 7.44. The molecule has 62 heavy (non-hydrogen) atoms. The van der Waals surface area contributed by atoms with Gasteiger partial charge in [0.05, 0.1) is 62.1 Å². The summed E-state index contributed by atoms with van der Waals surface area (Å²) in [5.74, 6) is 6.95. The van der Waals surface area contributed by atoms with Crippen LogP contribution in [0, 0.1) is 23.6 Å². The number of hydrogen-bond donors (Lipinski definition) is 4. The predicted octanol–water partition coefficient (Wildman–Crippen LogP) is 7.31. The number of methoxy groups -OCH3 is 2. The minimum absolute atomic E-state index is 0.120. The zero-order chi connectivity index (χ0) is 43.3. The molecule has 2 aromatic heterocycles. The van der Waals surface area contributed by atoms with E-state index < -0.39 is 30.1 Å². The summed E-state index contributed by atoms with van der Waals surface area (Å²) >= 11 is 0. The molecule has 0 radical (unpaired) electrons. The van der Waals surface area contributed by atoms with Crippen molar-refractivity contribution in [3.8, 4) is 34.4 Å². The molecular weight excluding hydrogens is 792 g/mol. The van der Waals surface area contributed by atoms with Crippen LogP contribution in [0.4, 0.5) is 14.0 Å². The second-order valence-corrected chi connectivity index (χ2v) is 16.2. The number of alkyl carbamates (subject to hydrolysis) is 2. The molecule has 3 aliphatic rings. The van der Waals surface area contributed by atoms with E-state index in [4.69, 9.17) is 19.3 Å². The number of likely N-dealkylation sites (tertiary alicyclic amines) is 1. The lowest BCUT2D eigenvalue weighted by molar-refractivity contribution is -0.177. The third kappa shape index (κ3) is 9.07. The number of ether oxygens (including phenoxy) is 2. The van der Waals surface area contributed by atoms with Crippen LogP contribution in [0.1, 0.15) is 97.3 Å². The molecule has 0 bridgehead atoms. The summed E-state index contributed by atoms with van der Waals surface area (Å²) < 4.78 is 25.2. The quantitative estimate of drug-likeness (QED) is 0.0998. The molecule has 2 aliphatic heterocycles. The number of aromatic amines is 2. The molecule has 2 fully saturated rings. The Labute approximate surface area is 359 Å². The van der Waals surface area contributed by atoms with E-state index in [9.17, 15) is 14.4 Å². The number of hydroxylamine groups is 2. The van der Waals surface area contributed by atoms with Crippen LogP contribution in [-0.2, 0) is 31.9 Å². The number of benzene rings is 3. The summed E-state index contributed by atoms with van der Waals surface area (Å²) in [6, 6.07) is 19.1. The smallest absolute Gasteiger partial charge is 0.407 e. The number of carbonyl (C=O) groups is 3. The maximum absolute atomic E-state index is 15.6. The summed E-state index contributed by atoms with van der Waals surface area (Å²) in [5.41, 5.74) is 7.29. The Hall–Kier alpha value is -6.50.